The van der Waals surface area contributed by atoms with Gasteiger partial charge in [0.15, 0.2) is 0 Å². The van der Waals surface area contributed by atoms with Gasteiger partial charge < -0.3 is 11.1 Å². The minimum Gasteiger partial charge on any atom is -0.397 e. The lowest BCUT2D eigenvalue weighted by molar-refractivity contribution is -0.116. The maximum atomic E-state index is 12.9. The Morgan fingerprint density at radius 2 is 2.15 bits per heavy atom. The van der Waals surface area contributed by atoms with Crippen LogP contribution in [0.25, 0.3) is 0 Å². The molecule has 1 aliphatic rings. The van der Waals surface area contributed by atoms with E-state index in [9.17, 15) is 9.18 Å². The molecule has 3 nitrogen and oxygen atoms in total. The third-order valence-corrected chi connectivity index (χ3v) is 4.96. The number of nitrogens with two attached hydrogens (primary N) is 1. The Balaban J connectivity index is 1.67. The summed E-state index contributed by atoms with van der Waals surface area (Å²) in [6.45, 7) is 0. The van der Waals surface area contributed by atoms with Crippen LogP contribution in [0.2, 0.25) is 0 Å². The zero-order valence-corrected chi connectivity index (χ0v) is 12.3. The van der Waals surface area contributed by atoms with Crippen LogP contribution in [0.15, 0.2) is 18.2 Å². The smallest absolute Gasteiger partial charge is 0.224 e. The highest BCUT2D eigenvalue weighted by molar-refractivity contribution is 7.99. The van der Waals surface area contributed by atoms with Gasteiger partial charge in [-0.25, -0.2) is 4.39 Å². The summed E-state index contributed by atoms with van der Waals surface area (Å²) in [5.74, 6) is 0.570. The number of carbonyl (C=O) groups excluding carboxylic acids is 1. The highest BCUT2D eigenvalue weighted by atomic mass is 32.2. The molecule has 0 bridgehead atoms. The van der Waals surface area contributed by atoms with Crippen LogP contribution in [-0.4, -0.2) is 16.9 Å². The lowest BCUT2D eigenvalue weighted by atomic mass is 10.2. The summed E-state index contributed by atoms with van der Waals surface area (Å²) >= 11 is 1.98. The number of hydrogen-bond donors (Lipinski definition) is 2. The second-order valence-corrected chi connectivity index (χ2v) is 6.57. The molecule has 2 rings (SSSR count). The largest absolute Gasteiger partial charge is 0.397 e. The molecule has 1 aromatic carbocycles. The van der Waals surface area contributed by atoms with E-state index in [0.717, 1.165) is 17.4 Å². The van der Waals surface area contributed by atoms with Gasteiger partial charge in [0.1, 0.15) is 5.82 Å². The minimum absolute atomic E-state index is 0.0599. The molecule has 0 heterocycles. The topological polar surface area (TPSA) is 55.1 Å². The maximum Gasteiger partial charge on any atom is 0.224 e. The minimum atomic E-state index is -0.395. The Morgan fingerprint density at radius 1 is 1.40 bits per heavy atom. The van der Waals surface area contributed by atoms with Crippen molar-refractivity contribution in [1.82, 2.24) is 0 Å². The summed E-state index contributed by atoms with van der Waals surface area (Å²) in [7, 11) is 0. The molecule has 20 heavy (non-hydrogen) atoms. The average Bonchev–Trinajstić information content (AvgIpc) is 2.91. The van der Waals surface area contributed by atoms with E-state index in [0.29, 0.717) is 12.1 Å². The van der Waals surface area contributed by atoms with Crippen molar-refractivity contribution in [1.29, 1.82) is 0 Å². The zero-order valence-electron chi connectivity index (χ0n) is 11.5. The van der Waals surface area contributed by atoms with Crippen molar-refractivity contribution in [2.45, 2.75) is 43.8 Å². The number of nitrogens with one attached hydrogen (secondary N) is 1. The number of hydrogen-bond acceptors (Lipinski definition) is 3. The molecule has 5 heteroatoms. The molecule has 1 saturated carbocycles. The standard InChI is InChI=1S/C15H21FN2OS/c16-11-7-8-14(13(17)10-11)18-15(19)6-3-9-20-12-4-1-2-5-12/h7-8,10,12H,1-6,9,17H2,(H,18,19). The van der Waals surface area contributed by atoms with E-state index in [4.69, 9.17) is 5.73 Å². The van der Waals surface area contributed by atoms with Crippen LogP contribution in [0.4, 0.5) is 15.8 Å². The van der Waals surface area contributed by atoms with Gasteiger partial charge in [0, 0.05) is 11.7 Å². The molecule has 110 valence electrons. The Kier molecular flexibility index (Phi) is 5.71. The van der Waals surface area contributed by atoms with Crippen LogP contribution < -0.4 is 11.1 Å². The highest BCUT2D eigenvalue weighted by Crippen LogP contribution is 2.29. The van der Waals surface area contributed by atoms with Crippen molar-refractivity contribution in [3.05, 3.63) is 24.0 Å². The molecule has 0 spiro atoms. The molecule has 1 amide bonds. The Hall–Kier alpha value is -1.23. The predicted octanol–water partition coefficient (Wildman–Crippen LogP) is 3.80. The van der Waals surface area contributed by atoms with E-state index in [-0.39, 0.29) is 11.6 Å². The molecule has 0 atom stereocenters. The number of carbonyl (C=O) groups is 1. The molecule has 1 aromatic rings. The van der Waals surface area contributed by atoms with Crippen molar-refractivity contribution in [2.24, 2.45) is 0 Å². The number of rotatable bonds is 6. The second kappa shape index (κ2) is 7.53. The molecule has 0 aromatic heterocycles. The summed E-state index contributed by atoms with van der Waals surface area (Å²) < 4.78 is 12.9. The molecule has 3 N–H and O–H groups in total. The Labute approximate surface area is 123 Å². The molecule has 0 aliphatic heterocycles. The molecule has 0 unspecified atom stereocenters. The van der Waals surface area contributed by atoms with Gasteiger partial charge in [0.2, 0.25) is 5.91 Å². The van der Waals surface area contributed by atoms with Gasteiger partial charge in [-0.15, -0.1) is 0 Å². The molecule has 0 saturated heterocycles. The third-order valence-electron chi connectivity index (χ3n) is 3.49. The number of halogens is 1. The summed E-state index contributed by atoms with van der Waals surface area (Å²) in [6.07, 6.45) is 6.70. The fourth-order valence-electron chi connectivity index (χ4n) is 2.40. The number of amides is 1. The van der Waals surface area contributed by atoms with Crippen LogP contribution in [-0.2, 0) is 4.79 Å². The van der Waals surface area contributed by atoms with Gasteiger partial charge in [-0.1, -0.05) is 12.8 Å². The van der Waals surface area contributed by atoms with Gasteiger partial charge in [0.05, 0.1) is 11.4 Å². The first kappa shape index (κ1) is 15.2. The van der Waals surface area contributed by atoms with Crippen LogP contribution >= 0.6 is 11.8 Å². The van der Waals surface area contributed by atoms with Gasteiger partial charge >= 0.3 is 0 Å². The summed E-state index contributed by atoms with van der Waals surface area (Å²) in [5.41, 5.74) is 6.40. The fraction of sp³-hybridized carbons (Fsp3) is 0.533. The zero-order chi connectivity index (χ0) is 14.4. The molecule has 1 fully saturated rings. The van der Waals surface area contributed by atoms with E-state index >= 15 is 0 Å². The SMILES string of the molecule is Nc1cc(F)ccc1NC(=O)CCCSC1CCCC1. The van der Waals surface area contributed by atoms with Crippen LogP contribution in [0.5, 0.6) is 0 Å². The quantitative estimate of drug-likeness (QED) is 0.620. The van der Waals surface area contributed by atoms with E-state index in [1.54, 1.807) is 0 Å². The Bertz CT molecular complexity index is 461. The van der Waals surface area contributed by atoms with Crippen molar-refractivity contribution in [3.63, 3.8) is 0 Å². The van der Waals surface area contributed by atoms with Crippen molar-refractivity contribution < 1.29 is 9.18 Å². The highest BCUT2D eigenvalue weighted by Gasteiger charge is 2.15. The first-order valence-corrected chi connectivity index (χ1v) is 8.16. The summed E-state index contributed by atoms with van der Waals surface area (Å²) in [4.78, 5) is 11.8. The Morgan fingerprint density at radius 3 is 2.85 bits per heavy atom. The molecular formula is C15H21FN2OS. The third kappa shape index (κ3) is 4.71. The van der Waals surface area contributed by atoms with E-state index in [1.807, 2.05) is 11.8 Å². The molecular weight excluding hydrogens is 275 g/mol. The van der Waals surface area contributed by atoms with E-state index in [1.165, 1.54) is 43.9 Å². The van der Waals surface area contributed by atoms with Gasteiger partial charge in [-0.3, -0.25) is 4.79 Å². The number of thioether (sulfide) groups is 1. The van der Waals surface area contributed by atoms with E-state index in [2.05, 4.69) is 5.32 Å². The lowest BCUT2D eigenvalue weighted by Crippen LogP contribution is -2.13. The van der Waals surface area contributed by atoms with Gasteiger partial charge in [0.25, 0.3) is 0 Å². The monoisotopic (exact) mass is 296 g/mol. The van der Waals surface area contributed by atoms with Crippen molar-refractivity contribution in [3.8, 4) is 0 Å². The molecule has 0 radical (unpaired) electrons. The lowest BCUT2D eigenvalue weighted by Gasteiger charge is -2.09. The van der Waals surface area contributed by atoms with E-state index < -0.39 is 5.82 Å². The summed E-state index contributed by atoms with van der Waals surface area (Å²) in [5, 5.41) is 3.52. The van der Waals surface area contributed by atoms with Crippen LogP contribution in [0, 0.1) is 5.82 Å². The number of benzene rings is 1. The van der Waals surface area contributed by atoms with Gasteiger partial charge in [-0.2, -0.15) is 11.8 Å². The van der Waals surface area contributed by atoms with Crippen molar-refractivity contribution >= 4 is 29.0 Å². The predicted molar refractivity (Wildman–Crippen MR) is 83.4 cm³/mol. The average molecular weight is 296 g/mol. The summed E-state index contributed by atoms with van der Waals surface area (Å²) in [6, 6.07) is 4.00. The normalized spacial score (nSPS) is 15.4. The first-order chi connectivity index (χ1) is 9.65. The number of anilines is 2. The van der Waals surface area contributed by atoms with Crippen LogP contribution in [0.3, 0.4) is 0 Å². The molecule has 1 aliphatic carbocycles. The first-order valence-electron chi connectivity index (χ1n) is 7.11. The second-order valence-electron chi connectivity index (χ2n) is 5.16. The number of nitrogen functional groups attached to an aromatic ring is 1. The van der Waals surface area contributed by atoms with Crippen molar-refractivity contribution in [2.75, 3.05) is 16.8 Å². The fourth-order valence-corrected chi connectivity index (χ4v) is 3.71. The maximum absolute atomic E-state index is 12.9. The van der Waals surface area contributed by atoms with Crippen LogP contribution in [0.1, 0.15) is 38.5 Å². The van der Waals surface area contributed by atoms with Gasteiger partial charge in [-0.05, 0) is 43.2 Å².